The number of nitrogens with zero attached hydrogens (tertiary/aromatic N) is 4. The molecule has 2 aromatic heterocycles. The number of carbonyl (C=O) groups excluding carboxylic acids is 1. The van der Waals surface area contributed by atoms with E-state index in [1.165, 1.54) is 11.3 Å². The van der Waals surface area contributed by atoms with Crippen LogP contribution in [0.3, 0.4) is 0 Å². The van der Waals surface area contributed by atoms with Crippen LogP contribution in [0.4, 0.5) is 0 Å². The number of carbonyl (C=O) groups is 1. The number of aromatic nitrogens is 3. The van der Waals surface area contributed by atoms with Gasteiger partial charge in [0.1, 0.15) is 5.82 Å². The van der Waals surface area contributed by atoms with Gasteiger partial charge < -0.3 is 9.47 Å². The molecular weight excluding hydrogens is 308 g/mol. The van der Waals surface area contributed by atoms with E-state index in [0.29, 0.717) is 13.1 Å². The number of rotatable bonds is 2. The lowest BCUT2D eigenvalue weighted by Crippen LogP contribution is -2.38. The van der Waals surface area contributed by atoms with E-state index in [1.807, 2.05) is 53.6 Å². The van der Waals surface area contributed by atoms with Gasteiger partial charge in [0, 0.05) is 18.7 Å². The van der Waals surface area contributed by atoms with Crippen molar-refractivity contribution in [3.63, 3.8) is 0 Å². The number of aryl methyl sites for hydroxylation is 1. The van der Waals surface area contributed by atoms with E-state index in [1.54, 1.807) is 0 Å². The van der Waals surface area contributed by atoms with Crippen molar-refractivity contribution in [3.05, 3.63) is 58.3 Å². The van der Waals surface area contributed by atoms with Crippen molar-refractivity contribution in [2.45, 2.75) is 20.0 Å². The molecule has 23 heavy (non-hydrogen) atoms. The SMILES string of the molecule is Cc1nnc2n1CCN(C(=O)c1sccc1-c1ccccc1)C2. The van der Waals surface area contributed by atoms with E-state index in [2.05, 4.69) is 14.8 Å². The van der Waals surface area contributed by atoms with Crippen LogP contribution in [0.1, 0.15) is 21.3 Å². The zero-order valence-corrected chi connectivity index (χ0v) is 13.6. The van der Waals surface area contributed by atoms with Crippen molar-refractivity contribution < 1.29 is 4.79 Å². The summed E-state index contributed by atoms with van der Waals surface area (Å²) in [5.74, 6) is 1.85. The highest BCUT2D eigenvalue weighted by Gasteiger charge is 2.26. The molecule has 0 bridgehead atoms. The van der Waals surface area contributed by atoms with Crippen LogP contribution in [0.25, 0.3) is 11.1 Å². The quantitative estimate of drug-likeness (QED) is 0.728. The Bertz CT molecular complexity index is 853. The second kappa shape index (κ2) is 5.62. The Labute approximate surface area is 138 Å². The molecule has 5 nitrogen and oxygen atoms in total. The molecule has 3 heterocycles. The lowest BCUT2D eigenvalue weighted by Gasteiger charge is -2.27. The van der Waals surface area contributed by atoms with Gasteiger partial charge in [-0.15, -0.1) is 21.5 Å². The van der Waals surface area contributed by atoms with E-state index in [0.717, 1.165) is 34.2 Å². The molecule has 0 fully saturated rings. The zero-order valence-electron chi connectivity index (χ0n) is 12.8. The van der Waals surface area contributed by atoms with Gasteiger partial charge in [-0.1, -0.05) is 30.3 Å². The summed E-state index contributed by atoms with van der Waals surface area (Å²) in [5.41, 5.74) is 2.08. The first-order valence-corrected chi connectivity index (χ1v) is 8.43. The summed E-state index contributed by atoms with van der Waals surface area (Å²) in [6, 6.07) is 12.1. The smallest absolute Gasteiger partial charge is 0.265 e. The van der Waals surface area contributed by atoms with Crippen LogP contribution in [-0.4, -0.2) is 32.1 Å². The van der Waals surface area contributed by atoms with Gasteiger partial charge in [0.25, 0.3) is 5.91 Å². The minimum atomic E-state index is 0.0748. The van der Waals surface area contributed by atoms with E-state index in [9.17, 15) is 4.79 Å². The Morgan fingerprint density at radius 3 is 2.78 bits per heavy atom. The fourth-order valence-corrected chi connectivity index (χ4v) is 3.82. The summed E-state index contributed by atoms with van der Waals surface area (Å²) < 4.78 is 2.08. The zero-order chi connectivity index (χ0) is 15.8. The number of fused-ring (bicyclic) bond motifs is 1. The van der Waals surface area contributed by atoms with Gasteiger partial charge in [0.2, 0.25) is 0 Å². The molecule has 116 valence electrons. The van der Waals surface area contributed by atoms with E-state index in [4.69, 9.17) is 0 Å². The predicted octanol–water partition coefficient (Wildman–Crippen LogP) is 2.97. The third-order valence-electron chi connectivity index (χ3n) is 4.17. The Morgan fingerprint density at radius 2 is 1.96 bits per heavy atom. The van der Waals surface area contributed by atoms with Crippen LogP contribution >= 0.6 is 11.3 Å². The Morgan fingerprint density at radius 1 is 1.13 bits per heavy atom. The summed E-state index contributed by atoms with van der Waals surface area (Å²) in [7, 11) is 0. The molecule has 0 radical (unpaired) electrons. The number of hydrogen-bond acceptors (Lipinski definition) is 4. The van der Waals surface area contributed by atoms with Gasteiger partial charge in [-0.2, -0.15) is 0 Å². The molecule has 1 aliphatic heterocycles. The second-order valence-corrected chi connectivity index (χ2v) is 6.49. The molecule has 1 aliphatic rings. The molecule has 0 spiro atoms. The summed E-state index contributed by atoms with van der Waals surface area (Å²) in [6.07, 6.45) is 0. The first kappa shape index (κ1) is 14.1. The van der Waals surface area contributed by atoms with Crippen LogP contribution in [0.2, 0.25) is 0 Å². The summed E-state index contributed by atoms with van der Waals surface area (Å²) in [5, 5.41) is 10.2. The minimum Gasteiger partial charge on any atom is -0.329 e. The average Bonchev–Trinajstić information content (AvgIpc) is 3.22. The van der Waals surface area contributed by atoms with Gasteiger partial charge in [-0.25, -0.2) is 0 Å². The van der Waals surface area contributed by atoms with Crippen molar-refractivity contribution in [1.29, 1.82) is 0 Å². The minimum absolute atomic E-state index is 0.0748. The molecule has 6 heteroatoms. The van der Waals surface area contributed by atoms with Gasteiger partial charge in [0.15, 0.2) is 5.82 Å². The van der Waals surface area contributed by atoms with Crippen LogP contribution in [0.15, 0.2) is 41.8 Å². The molecule has 0 N–H and O–H groups in total. The summed E-state index contributed by atoms with van der Waals surface area (Å²) in [6.45, 7) is 3.91. The monoisotopic (exact) mass is 324 g/mol. The number of hydrogen-bond donors (Lipinski definition) is 0. The largest absolute Gasteiger partial charge is 0.329 e. The maximum Gasteiger partial charge on any atom is 0.265 e. The molecule has 0 unspecified atom stereocenters. The molecule has 1 aromatic carbocycles. The third-order valence-corrected chi connectivity index (χ3v) is 5.07. The van der Waals surface area contributed by atoms with Crippen molar-refractivity contribution >= 4 is 17.2 Å². The summed E-state index contributed by atoms with van der Waals surface area (Å²) >= 11 is 1.50. The van der Waals surface area contributed by atoms with Gasteiger partial charge in [-0.05, 0) is 23.9 Å². The van der Waals surface area contributed by atoms with Crippen molar-refractivity contribution in [3.8, 4) is 11.1 Å². The Balaban J connectivity index is 1.63. The van der Waals surface area contributed by atoms with Crippen molar-refractivity contribution in [2.75, 3.05) is 6.54 Å². The van der Waals surface area contributed by atoms with Crippen LogP contribution < -0.4 is 0 Å². The fraction of sp³-hybridized carbons (Fsp3) is 0.235. The molecule has 3 aromatic rings. The molecular formula is C17H16N4OS. The molecule has 4 rings (SSSR count). The molecule has 0 saturated carbocycles. The Hall–Kier alpha value is -2.47. The number of thiophene rings is 1. The number of benzene rings is 1. The standard InChI is InChI=1S/C17H16N4OS/c1-12-18-19-15-11-20(8-9-21(12)15)17(22)16-14(7-10-23-16)13-5-3-2-4-6-13/h2-7,10H,8-9,11H2,1H3. The fourth-order valence-electron chi connectivity index (χ4n) is 2.94. The van der Waals surface area contributed by atoms with Crippen LogP contribution in [-0.2, 0) is 13.1 Å². The highest BCUT2D eigenvalue weighted by molar-refractivity contribution is 7.12. The molecule has 0 saturated heterocycles. The molecule has 1 amide bonds. The topological polar surface area (TPSA) is 51.0 Å². The lowest BCUT2D eigenvalue weighted by atomic mass is 10.1. The second-order valence-electron chi connectivity index (χ2n) is 5.57. The first-order valence-electron chi connectivity index (χ1n) is 7.55. The summed E-state index contributed by atoms with van der Waals surface area (Å²) in [4.78, 5) is 15.6. The maximum absolute atomic E-state index is 13.0. The van der Waals surface area contributed by atoms with Crippen LogP contribution in [0, 0.1) is 6.92 Å². The highest BCUT2D eigenvalue weighted by atomic mass is 32.1. The van der Waals surface area contributed by atoms with Crippen molar-refractivity contribution in [1.82, 2.24) is 19.7 Å². The highest BCUT2D eigenvalue weighted by Crippen LogP contribution is 2.30. The van der Waals surface area contributed by atoms with Crippen molar-refractivity contribution in [2.24, 2.45) is 0 Å². The van der Waals surface area contributed by atoms with E-state index >= 15 is 0 Å². The van der Waals surface area contributed by atoms with E-state index in [-0.39, 0.29) is 5.91 Å². The molecule has 0 atom stereocenters. The normalized spacial score (nSPS) is 13.9. The van der Waals surface area contributed by atoms with Crippen LogP contribution in [0.5, 0.6) is 0 Å². The average molecular weight is 324 g/mol. The first-order chi connectivity index (χ1) is 11.2. The lowest BCUT2D eigenvalue weighted by molar-refractivity contribution is 0.0712. The Kier molecular flexibility index (Phi) is 3.46. The van der Waals surface area contributed by atoms with Gasteiger partial charge in [-0.3, -0.25) is 4.79 Å². The van der Waals surface area contributed by atoms with Gasteiger partial charge >= 0.3 is 0 Å². The third kappa shape index (κ3) is 2.45. The van der Waals surface area contributed by atoms with Gasteiger partial charge in [0.05, 0.1) is 11.4 Å². The predicted molar refractivity (Wildman–Crippen MR) is 89.3 cm³/mol. The van der Waals surface area contributed by atoms with E-state index < -0.39 is 0 Å². The maximum atomic E-state index is 13.0. The number of amides is 1. The molecule has 0 aliphatic carbocycles.